The molecule has 8 aromatic heterocycles. The molecular formula is C103H75BBrCl2F3N16O2P2Pd. The van der Waals surface area contributed by atoms with E-state index >= 15 is 0 Å². The Bertz CT molecular complexity index is 6940. The molecule has 8 heterocycles. The second-order valence-corrected chi connectivity index (χ2v) is 35.5. The van der Waals surface area contributed by atoms with Crippen LogP contribution < -0.4 is 54.5 Å². The third-order valence-electron chi connectivity index (χ3n) is 19.7. The average Bonchev–Trinajstić information content (AvgIpc) is 0.773. The van der Waals surface area contributed by atoms with Crippen LogP contribution in [0.5, 0.6) is 0 Å². The second kappa shape index (κ2) is 48.0. The Balaban J connectivity index is 0.000000133. The first-order valence-electron chi connectivity index (χ1n) is 40.0. The molecule has 0 aliphatic heterocycles. The van der Waals surface area contributed by atoms with Gasteiger partial charge in [0, 0.05) is 72.4 Å². The van der Waals surface area contributed by atoms with Crippen molar-refractivity contribution in [2.75, 3.05) is 17.2 Å². The molecule has 0 bridgehead atoms. The predicted octanol–water partition coefficient (Wildman–Crippen LogP) is 20.3. The molecule has 0 saturated carbocycles. The first-order valence-corrected chi connectivity index (χ1v) is 47.5. The van der Waals surface area contributed by atoms with Crippen LogP contribution in [0.15, 0.2) is 412 Å². The van der Waals surface area contributed by atoms with Crippen LogP contribution in [0.4, 0.5) is 30.4 Å². The van der Waals surface area contributed by atoms with E-state index in [2.05, 4.69) is 259 Å². The summed E-state index contributed by atoms with van der Waals surface area (Å²) in [4.78, 5) is 45.4. The zero-order valence-electron chi connectivity index (χ0n) is 69.2. The number of fused-ring (bicyclic) bond motifs is 4. The molecule has 18 nitrogen and oxygen atoms in total. The number of para-hydroxylation sites is 3. The van der Waals surface area contributed by atoms with Gasteiger partial charge in [-0.05, 0) is 189 Å². The molecule has 0 aliphatic carbocycles. The van der Waals surface area contributed by atoms with Crippen molar-refractivity contribution in [2.24, 2.45) is 0 Å². The van der Waals surface area contributed by atoms with E-state index in [1.165, 1.54) is 81.4 Å². The zero-order chi connectivity index (χ0) is 91.6. The molecule has 8 N–H and O–H groups in total. The normalized spacial score (nSPS) is 10.4. The van der Waals surface area contributed by atoms with Crippen molar-refractivity contribution in [1.82, 2.24) is 54.8 Å². The van der Waals surface area contributed by atoms with E-state index in [0.29, 0.717) is 90.0 Å². The van der Waals surface area contributed by atoms with Crippen LogP contribution in [0.2, 0.25) is 0 Å². The summed E-state index contributed by atoms with van der Waals surface area (Å²) in [6, 6.07) is 120. The van der Waals surface area contributed by atoms with Crippen LogP contribution in [0, 0.1) is 40.1 Å². The van der Waals surface area contributed by atoms with E-state index in [4.69, 9.17) is 41.5 Å². The number of nitrogens with zero attached hydrogens (tertiary/aromatic N) is 13. The standard InChI is InChI=1S/C22H14FN5.C21H13FN4.2C18H15P.C14H10BFN2O2.C7H5BrN2.C3H3N3.2ClH.Pd/c23-18-9-2-1-5-15(18)19-11-17(14-8-4-10-25-22(14)28-19)13-6-3-7-16-20(13)26-12-27-21(16)24;22-18-9-2-1-6-16(18)19-11-17(15-8-4-10-25-21(15)26-19)14-7-3-5-13(12-23)20(14)24;2*1-4-10-16(11-5-1)19(17-12-6-2-7-13-17)18-14-8-3-9-15-18;16-12-6-2-1-4-10(12)13-8-11(15(19)20)9-5-3-7-17-14(9)18-13;8-6-3-1-2-5(4-9)7(6)10;1-4-2-6-3-5-1;;;/h1-12H,(H2,24,26,27);1-11H,24H2;2*1-15H;1-8,19-20H;1-3H,10H2;1-3H;2*1H;/q;;;;;;;;;+2/p-2. The molecule has 20 rings (SSSR count). The summed E-state index contributed by atoms with van der Waals surface area (Å²) in [6.07, 6.45) is 10.6. The van der Waals surface area contributed by atoms with Crippen LogP contribution in [0.3, 0.4) is 0 Å². The number of anilines is 3. The van der Waals surface area contributed by atoms with E-state index in [-0.39, 0.29) is 33.0 Å². The molecule has 0 unspecified atom stereocenters. The Morgan fingerprint density at radius 1 is 0.328 bits per heavy atom. The second-order valence-electron chi connectivity index (χ2n) is 27.8. The summed E-state index contributed by atoms with van der Waals surface area (Å²) in [5.41, 5.74) is 27.5. The van der Waals surface area contributed by atoms with Gasteiger partial charge in [0.1, 0.15) is 60.7 Å². The van der Waals surface area contributed by atoms with Crippen LogP contribution >= 0.6 is 50.8 Å². The van der Waals surface area contributed by atoms with Crippen molar-refractivity contribution in [3.05, 3.63) is 441 Å². The van der Waals surface area contributed by atoms with E-state index in [9.17, 15) is 28.5 Å². The third-order valence-corrected chi connectivity index (χ3v) is 25.3. The number of nitriles is 2. The van der Waals surface area contributed by atoms with Crippen LogP contribution in [0.25, 0.3) is 100 Å². The van der Waals surface area contributed by atoms with Crippen LogP contribution in [-0.2, 0) is 15.9 Å². The molecule has 0 amide bonds. The van der Waals surface area contributed by atoms with Gasteiger partial charge in [-0.25, -0.2) is 68.0 Å². The average molecular weight is 1960 g/mol. The topological polar surface area (TPSA) is 308 Å². The van der Waals surface area contributed by atoms with E-state index < -0.39 is 28.8 Å². The Morgan fingerprint density at radius 2 is 0.641 bits per heavy atom. The predicted molar refractivity (Wildman–Crippen MR) is 527 cm³/mol. The molecule has 12 aromatic carbocycles. The van der Waals surface area contributed by atoms with Gasteiger partial charge in [-0.2, -0.15) is 10.5 Å². The quantitative estimate of drug-likeness (QED) is 0.0431. The minimum atomic E-state index is -1.67. The summed E-state index contributed by atoms with van der Waals surface area (Å²) in [5.74, 6) is -0.702. The van der Waals surface area contributed by atoms with Gasteiger partial charge in [0.05, 0.1) is 45.1 Å². The van der Waals surface area contributed by atoms with E-state index in [1.54, 1.807) is 128 Å². The Hall–Kier alpha value is -14.6. The number of pyridine rings is 6. The Labute approximate surface area is 781 Å². The number of hydrogen-bond donors (Lipinski definition) is 5. The van der Waals surface area contributed by atoms with Crippen molar-refractivity contribution in [1.29, 1.82) is 10.5 Å². The summed E-state index contributed by atoms with van der Waals surface area (Å²) < 4.78 is 43.3. The number of hydrogen-bond acceptors (Lipinski definition) is 18. The van der Waals surface area contributed by atoms with E-state index in [1.807, 2.05) is 54.6 Å². The van der Waals surface area contributed by atoms with Crippen LogP contribution in [-0.4, -0.2) is 72.0 Å². The van der Waals surface area contributed by atoms with Gasteiger partial charge >= 0.3 is 42.1 Å². The van der Waals surface area contributed by atoms with Gasteiger partial charge < -0.3 is 27.2 Å². The fourth-order valence-corrected chi connectivity index (χ4v) is 18.7. The molecule has 0 fully saturated rings. The number of rotatable bonds is 12. The maximum atomic E-state index is 14.4. The number of benzene rings is 12. The molecule has 0 aliphatic rings. The molecule has 131 heavy (non-hydrogen) atoms. The summed E-state index contributed by atoms with van der Waals surface area (Å²) in [7, 11) is 7.06. The van der Waals surface area contributed by atoms with Gasteiger partial charge in [-0.15, -0.1) is 0 Å². The molecular weight excluding hydrogens is 1880 g/mol. The summed E-state index contributed by atoms with van der Waals surface area (Å²) in [5, 5.41) is 48.0. The molecule has 0 spiro atoms. The molecule has 644 valence electrons. The largest absolute Gasteiger partial charge is 0.225 e. The van der Waals surface area contributed by atoms with Crippen molar-refractivity contribution in [3.63, 3.8) is 0 Å². The monoisotopic (exact) mass is 1950 g/mol. The molecule has 20 aromatic rings. The van der Waals surface area contributed by atoms with Crippen molar-refractivity contribution < 1.29 is 39.2 Å². The smallest absolute Gasteiger partial charge is 0.119 e. The van der Waals surface area contributed by atoms with Gasteiger partial charge in [0.2, 0.25) is 0 Å². The first-order chi connectivity index (χ1) is 64.1. The molecule has 0 atom stereocenters. The molecule has 0 radical (unpaired) electrons. The summed E-state index contributed by atoms with van der Waals surface area (Å²) >= 11 is 3.11. The van der Waals surface area contributed by atoms with Gasteiger partial charge in [0.15, 0.2) is 16.9 Å². The molecule has 0 saturated heterocycles. The third kappa shape index (κ3) is 24.6. The number of halogens is 6. The maximum Gasteiger partial charge on any atom is 0.119 e. The van der Waals surface area contributed by atoms with E-state index in [0.717, 1.165) is 42.8 Å². The zero-order valence-corrected chi connectivity index (χ0v) is 75.6. The SMILES string of the molecule is N#Cc1cccc(-c2cc(-c3ccccc3F)nc3ncccc23)c1N.N#Cc1cccc(Br)c1N.Nc1ncnc2c(-c3cc(-c4ccccc4F)nc4ncccc34)cccc12.OB(O)c1cc(-c2ccccc2F)nc2ncccc12.[Cl][Pd][Cl].c1ccc(P(c2ccccc2)c2ccccc2)cc1.c1ccc(P(c2ccccc2)c2ccccc2)cc1.c1ncncn1. The van der Waals surface area contributed by atoms with Crippen LogP contribution in [0.1, 0.15) is 11.1 Å². The van der Waals surface area contributed by atoms with Gasteiger partial charge in [-0.3, -0.25) is 0 Å². The first kappa shape index (κ1) is 94.0. The fourth-order valence-electron chi connectivity index (χ4n) is 13.7. The summed E-state index contributed by atoms with van der Waals surface area (Å²) in [6.45, 7) is 0. The van der Waals surface area contributed by atoms with Gasteiger partial charge in [0.25, 0.3) is 0 Å². The van der Waals surface area contributed by atoms with Crippen molar-refractivity contribution in [2.45, 2.75) is 0 Å². The molecule has 28 heteroatoms. The fraction of sp³-hybridized carbons (Fsp3) is 0. The Morgan fingerprint density at radius 3 is 1.01 bits per heavy atom. The number of aromatic nitrogens is 11. The van der Waals surface area contributed by atoms with Crippen molar-refractivity contribution >= 4 is 156 Å². The Kier molecular flexibility index (Phi) is 34.5. The van der Waals surface area contributed by atoms with Gasteiger partial charge in [-0.1, -0.05) is 255 Å². The van der Waals surface area contributed by atoms with Crippen molar-refractivity contribution in [3.8, 4) is 68.2 Å². The number of nitrogens with two attached hydrogens (primary N) is 3. The maximum absolute atomic E-state index is 14.4. The number of nitrogen functional groups attached to an aromatic ring is 3. The minimum absolute atomic E-state index is 0.106. The minimum Gasteiger partial charge on any atom is -0.225 e.